The molecule has 0 saturated carbocycles. The molecule has 1 aliphatic rings. The van der Waals surface area contributed by atoms with Crippen LogP contribution in [0.1, 0.15) is 36.1 Å². The lowest BCUT2D eigenvalue weighted by molar-refractivity contribution is -0.139. The lowest BCUT2D eigenvalue weighted by Gasteiger charge is -2.30. The summed E-state index contributed by atoms with van der Waals surface area (Å²) in [6, 6.07) is 15.0. The van der Waals surface area contributed by atoms with Crippen molar-refractivity contribution in [2.45, 2.75) is 38.5 Å². The summed E-state index contributed by atoms with van der Waals surface area (Å²) in [6.07, 6.45) is 1.02. The molecule has 6 heteroatoms. The maximum absolute atomic E-state index is 12.3. The van der Waals surface area contributed by atoms with Gasteiger partial charge < -0.3 is 20.1 Å². The van der Waals surface area contributed by atoms with Crippen LogP contribution < -0.4 is 15.4 Å². The van der Waals surface area contributed by atoms with Crippen LogP contribution in [0.4, 0.5) is 4.79 Å². The number of hydrogen-bond donors (Lipinski definition) is 2. The SMILES string of the molecule is COC(=O)Cc1ccc(CNC(=O)N[C@@H]2C[C@@H](C)Oc3ccccc32)cc1. The lowest BCUT2D eigenvalue weighted by Crippen LogP contribution is -2.40. The molecule has 0 fully saturated rings. The van der Waals surface area contributed by atoms with Gasteiger partial charge in [-0.05, 0) is 24.1 Å². The minimum absolute atomic E-state index is 0.0487. The molecule has 2 aromatic carbocycles. The third kappa shape index (κ3) is 5.00. The molecule has 0 aliphatic carbocycles. The van der Waals surface area contributed by atoms with Crippen molar-refractivity contribution in [2.24, 2.45) is 0 Å². The second-order valence-electron chi connectivity index (χ2n) is 6.65. The van der Waals surface area contributed by atoms with E-state index in [1.54, 1.807) is 0 Å². The van der Waals surface area contributed by atoms with E-state index in [4.69, 9.17) is 4.74 Å². The number of methoxy groups -OCH3 is 1. The number of para-hydroxylation sites is 1. The van der Waals surface area contributed by atoms with Gasteiger partial charge in [0.1, 0.15) is 5.75 Å². The first kappa shape index (κ1) is 18.8. The Kier molecular flexibility index (Phi) is 5.96. The van der Waals surface area contributed by atoms with Crippen molar-refractivity contribution >= 4 is 12.0 Å². The van der Waals surface area contributed by atoms with Crippen LogP contribution in [0.3, 0.4) is 0 Å². The zero-order valence-corrected chi connectivity index (χ0v) is 15.5. The number of rotatable bonds is 5. The highest BCUT2D eigenvalue weighted by Gasteiger charge is 2.26. The van der Waals surface area contributed by atoms with Crippen LogP contribution >= 0.6 is 0 Å². The molecule has 27 heavy (non-hydrogen) atoms. The molecule has 2 atom stereocenters. The summed E-state index contributed by atoms with van der Waals surface area (Å²) in [6.45, 7) is 2.41. The lowest BCUT2D eigenvalue weighted by atomic mass is 9.97. The maximum atomic E-state index is 12.3. The van der Waals surface area contributed by atoms with Crippen molar-refractivity contribution in [1.29, 1.82) is 0 Å². The zero-order valence-electron chi connectivity index (χ0n) is 15.5. The third-order valence-electron chi connectivity index (χ3n) is 4.55. The molecule has 2 amide bonds. The Balaban J connectivity index is 1.54. The largest absolute Gasteiger partial charge is 0.490 e. The van der Waals surface area contributed by atoms with Crippen molar-refractivity contribution in [2.75, 3.05) is 7.11 Å². The summed E-state index contributed by atoms with van der Waals surface area (Å²) >= 11 is 0. The van der Waals surface area contributed by atoms with Crippen LogP contribution in [0.2, 0.25) is 0 Å². The minimum Gasteiger partial charge on any atom is -0.490 e. The smallest absolute Gasteiger partial charge is 0.315 e. The quantitative estimate of drug-likeness (QED) is 0.795. The number of ether oxygens (including phenoxy) is 2. The molecule has 0 aromatic heterocycles. The number of fused-ring (bicyclic) bond motifs is 1. The second-order valence-corrected chi connectivity index (χ2v) is 6.65. The van der Waals surface area contributed by atoms with Crippen LogP contribution in [-0.2, 0) is 22.5 Å². The van der Waals surface area contributed by atoms with Crippen LogP contribution in [0.5, 0.6) is 5.75 Å². The van der Waals surface area contributed by atoms with E-state index in [0.29, 0.717) is 6.54 Å². The van der Waals surface area contributed by atoms with Gasteiger partial charge in [-0.1, -0.05) is 42.5 Å². The van der Waals surface area contributed by atoms with Gasteiger partial charge in [0.2, 0.25) is 0 Å². The highest BCUT2D eigenvalue weighted by atomic mass is 16.5. The van der Waals surface area contributed by atoms with Gasteiger partial charge in [0.25, 0.3) is 0 Å². The van der Waals surface area contributed by atoms with Crippen molar-refractivity contribution < 1.29 is 19.1 Å². The molecule has 6 nitrogen and oxygen atoms in total. The second kappa shape index (κ2) is 8.58. The molecule has 1 heterocycles. The van der Waals surface area contributed by atoms with Gasteiger partial charge in [0.05, 0.1) is 25.7 Å². The Hall–Kier alpha value is -3.02. The van der Waals surface area contributed by atoms with E-state index in [0.717, 1.165) is 28.9 Å². The van der Waals surface area contributed by atoms with Gasteiger partial charge in [0, 0.05) is 18.5 Å². The molecule has 0 radical (unpaired) electrons. The third-order valence-corrected chi connectivity index (χ3v) is 4.55. The van der Waals surface area contributed by atoms with E-state index >= 15 is 0 Å². The number of urea groups is 1. The number of carbonyl (C=O) groups excluding carboxylic acids is 2. The summed E-state index contributed by atoms with van der Waals surface area (Å²) in [4.78, 5) is 23.6. The predicted octanol–water partition coefficient (Wildman–Crippen LogP) is 3.11. The zero-order chi connectivity index (χ0) is 19.2. The van der Waals surface area contributed by atoms with Gasteiger partial charge >= 0.3 is 12.0 Å². The van der Waals surface area contributed by atoms with E-state index in [2.05, 4.69) is 15.4 Å². The normalized spacial score (nSPS) is 18.0. The molecule has 0 unspecified atom stereocenters. The summed E-state index contributed by atoms with van der Waals surface area (Å²) in [5.74, 6) is 0.550. The van der Waals surface area contributed by atoms with Gasteiger partial charge in [0.15, 0.2) is 0 Å². The van der Waals surface area contributed by atoms with Gasteiger partial charge in [-0.2, -0.15) is 0 Å². The molecule has 2 aromatic rings. The number of carbonyl (C=O) groups is 2. The number of benzene rings is 2. The van der Waals surface area contributed by atoms with Gasteiger partial charge in [-0.25, -0.2) is 4.79 Å². The average molecular weight is 368 g/mol. The number of esters is 1. The van der Waals surface area contributed by atoms with Crippen LogP contribution in [0.25, 0.3) is 0 Å². The van der Waals surface area contributed by atoms with Gasteiger partial charge in [-0.3, -0.25) is 4.79 Å². The van der Waals surface area contributed by atoms with Crippen molar-refractivity contribution in [3.05, 3.63) is 65.2 Å². The fraction of sp³-hybridized carbons (Fsp3) is 0.333. The number of nitrogens with one attached hydrogen (secondary N) is 2. The molecular weight excluding hydrogens is 344 g/mol. The van der Waals surface area contributed by atoms with Crippen molar-refractivity contribution in [3.63, 3.8) is 0 Å². The highest BCUT2D eigenvalue weighted by molar-refractivity contribution is 5.74. The fourth-order valence-electron chi connectivity index (χ4n) is 3.14. The summed E-state index contributed by atoms with van der Waals surface area (Å²) in [7, 11) is 1.37. The average Bonchev–Trinajstić information content (AvgIpc) is 2.67. The van der Waals surface area contributed by atoms with E-state index < -0.39 is 0 Å². The molecule has 3 rings (SSSR count). The monoisotopic (exact) mass is 368 g/mol. The van der Waals surface area contributed by atoms with E-state index in [1.165, 1.54) is 7.11 Å². The molecular formula is C21H24N2O4. The molecule has 0 saturated heterocycles. The Labute approximate surface area is 158 Å². The van der Waals surface area contributed by atoms with Gasteiger partial charge in [-0.15, -0.1) is 0 Å². The first-order chi connectivity index (χ1) is 13.0. The highest BCUT2D eigenvalue weighted by Crippen LogP contribution is 2.34. The van der Waals surface area contributed by atoms with Crippen LogP contribution in [0, 0.1) is 0 Å². The minimum atomic E-state index is -0.272. The molecule has 2 N–H and O–H groups in total. The first-order valence-electron chi connectivity index (χ1n) is 8.99. The maximum Gasteiger partial charge on any atom is 0.315 e. The molecule has 0 spiro atoms. The summed E-state index contributed by atoms with van der Waals surface area (Å²) in [5, 5.41) is 5.91. The topological polar surface area (TPSA) is 76.7 Å². The van der Waals surface area contributed by atoms with Crippen molar-refractivity contribution in [3.8, 4) is 5.75 Å². The number of hydrogen-bond acceptors (Lipinski definition) is 4. The summed E-state index contributed by atoms with van der Waals surface area (Å²) < 4.78 is 10.5. The van der Waals surface area contributed by atoms with Crippen LogP contribution in [-0.4, -0.2) is 25.2 Å². The molecule has 0 bridgehead atoms. The van der Waals surface area contributed by atoms with Crippen molar-refractivity contribution in [1.82, 2.24) is 10.6 Å². The first-order valence-corrected chi connectivity index (χ1v) is 8.99. The fourth-order valence-corrected chi connectivity index (χ4v) is 3.14. The predicted molar refractivity (Wildman–Crippen MR) is 101 cm³/mol. The Morgan fingerprint density at radius 1 is 1.11 bits per heavy atom. The molecule has 1 aliphatic heterocycles. The van der Waals surface area contributed by atoms with E-state index in [9.17, 15) is 9.59 Å². The summed E-state index contributed by atoms with van der Waals surface area (Å²) in [5.41, 5.74) is 2.83. The number of amides is 2. The Morgan fingerprint density at radius 3 is 2.56 bits per heavy atom. The van der Waals surface area contributed by atoms with E-state index in [-0.39, 0.29) is 30.6 Å². The molecule has 142 valence electrons. The van der Waals surface area contributed by atoms with Crippen LogP contribution in [0.15, 0.2) is 48.5 Å². The van der Waals surface area contributed by atoms with E-state index in [1.807, 2.05) is 55.5 Å². The Morgan fingerprint density at radius 2 is 1.81 bits per heavy atom. The Bertz CT molecular complexity index is 804. The standard InChI is InChI=1S/C21H24N2O4/c1-14-11-18(17-5-3-4-6-19(17)27-14)23-21(25)22-13-16-9-7-15(8-10-16)12-20(24)26-2/h3-10,14,18H,11-13H2,1-2H3,(H2,22,23,25)/t14-,18-/m1/s1.